The molecule has 0 radical (unpaired) electrons. The normalized spacial score (nSPS) is 13.1. The molecule has 0 fully saturated rings. The molecule has 0 N–H and O–H groups in total. The van der Waals surface area contributed by atoms with Gasteiger partial charge in [-0.1, -0.05) is 276 Å². The summed E-state index contributed by atoms with van der Waals surface area (Å²) < 4.78 is 16.9. The molecule has 1 atom stereocenters. The molecule has 80 heavy (non-hydrogen) atoms. The quantitative estimate of drug-likeness (QED) is 0.0261. The summed E-state index contributed by atoms with van der Waals surface area (Å²) in [5.74, 6) is -0.915. The van der Waals surface area contributed by atoms with E-state index in [0.29, 0.717) is 19.3 Å². The van der Waals surface area contributed by atoms with Crippen LogP contribution in [0.15, 0.2) is 146 Å². The fourth-order valence-corrected chi connectivity index (χ4v) is 8.71. The predicted molar refractivity (Wildman–Crippen MR) is 348 cm³/mol. The number of carbonyl (C=O) groups is 3. The Balaban J connectivity index is 4.27. The molecular weight excluding hydrogens is 985 g/mol. The fraction of sp³-hybridized carbons (Fsp3) is 0.635. The summed E-state index contributed by atoms with van der Waals surface area (Å²) >= 11 is 0. The zero-order valence-corrected chi connectivity index (χ0v) is 51.8. The summed E-state index contributed by atoms with van der Waals surface area (Å²) in [6.45, 7) is 6.34. The highest BCUT2D eigenvalue weighted by molar-refractivity contribution is 5.71. The lowest BCUT2D eigenvalue weighted by Gasteiger charge is -2.18. The summed E-state index contributed by atoms with van der Waals surface area (Å²) in [6, 6.07) is 0. The van der Waals surface area contributed by atoms with Crippen LogP contribution in [0.25, 0.3) is 0 Å². The third-order valence-corrected chi connectivity index (χ3v) is 13.5. The number of esters is 3. The Bertz CT molecular complexity index is 1750. The van der Waals surface area contributed by atoms with Gasteiger partial charge in [0.05, 0.1) is 0 Å². The highest BCUT2D eigenvalue weighted by Crippen LogP contribution is 2.15. The molecule has 6 heteroatoms. The molecule has 0 rings (SSSR count). The first-order valence-corrected chi connectivity index (χ1v) is 32.8. The van der Waals surface area contributed by atoms with Crippen molar-refractivity contribution < 1.29 is 28.6 Å². The molecule has 0 aliphatic carbocycles. The Labute approximate surface area is 493 Å². The SMILES string of the molecule is CC/C=C\C/C=C\C/C=C\C/C=C\C/C=C\C/C=C\C/C=C\CCCCCCCCCCCC(=O)OCC(COC(=O)CCCCCCC/C=C\CCC)OC(=O)CCCCCCCCCC/C=C\C/C=C\C/C=C\C/C=C\CC. The van der Waals surface area contributed by atoms with Crippen molar-refractivity contribution in [2.75, 3.05) is 13.2 Å². The van der Waals surface area contributed by atoms with Gasteiger partial charge in [-0.3, -0.25) is 14.4 Å². The van der Waals surface area contributed by atoms with Crippen LogP contribution < -0.4 is 0 Å². The van der Waals surface area contributed by atoms with Crippen LogP contribution in [0.1, 0.15) is 284 Å². The molecule has 0 amide bonds. The van der Waals surface area contributed by atoms with E-state index in [9.17, 15) is 14.4 Å². The van der Waals surface area contributed by atoms with E-state index < -0.39 is 6.10 Å². The minimum absolute atomic E-state index is 0.0912. The van der Waals surface area contributed by atoms with Crippen LogP contribution in [0.3, 0.4) is 0 Å². The van der Waals surface area contributed by atoms with Gasteiger partial charge in [0.15, 0.2) is 6.10 Å². The van der Waals surface area contributed by atoms with Crippen LogP contribution in [-0.2, 0) is 28.6 Å². The Morgan fingerprint density at radius 2 is 0.487 bits per heavy atom. The van der Waals surface area contributed by atoms with E-state index >= 15 is 0 Å². The number of rotatable bonds is 58. The van der Waals surface area contributed by atoms with Crippen LogP contribution in [0.5, 0.6) is 0 Å². The van der Waals surface area contributed by atoms with E-state index in [4.69, 9.17) is 14.2 Å². The van der Waals surface area contributed by atoms with Crippen LogP contribution in [0.2, 0.25) is 0 Å². The van der Waals surface area contributed by atoms with Crippen LogP contribution >= 0.6 is 0 Å². The maximum Gasteiger partial charge on any atom is 0.306 e. The number of unbranched alkanes of at least 4 members (excludes halogenated alkanes) is 23. The van der Waals surface area contributed by atoms with Crippen molar-refractivity contribution in [2.24, 2.45) is 0 Å². The third-order valence-electron chi connectivity index (χ3n) is 13.5. The van der Waals surface area contributed by atoms with Crippen LogP contribution in [0.4, 0.5) is 0 Å². The second-order valence-electron chi connectivity index (χ2n) is 21.3. The van der Waals surface area contributed by atoms with Crippen molar-refractivity contribution >= 4 is 17.9 Å². The number of hydrogen-bond donors (Lipinski definition) is 0. The van der Waals surface area contributed by atoms with Gasteiger partial charge < -0.3 is 14.2 Å². The van der Waals surface area contributed by atoms with Crippen molar-refractivity contribution in [1.29, 1.82) is 0 Å². The highest BCUT2D eigenvalue weighted by Gasteiger charge is 2.19. The van der Waals surface area contributed by atoms with Crippen molar-refractivity contribution in [3.63, 3.8) is 0 Å². The Morgan fingerprint density at radius 3 is 0.775 bits per heavy atom. The zero-order valence-electron chi connectivity index (χ0n) is 51.8. The first-order chi connectivity index (χ1) is 39.5. The predicted octanol–water partition coefficient (Wildman–Crippen LogP) is 22.7. The van der Waals surface area contributed by atoms with Gasteiger partial charge in [-0.2, -0.15) is 0 Å². The second kappa shape index (κ2) is 66.8. The second-order valence-corrected chi connectivity index (χ2v) is 21.3. The molecule has 0 aromatic heterocycles. The molecular formula is C74H120O6. The topological polar surface area (TPSA) is 78.9 Å². The lowest BCUT2D eigenvalue weighted by Crippen LogP contribution is -2.30. The Kier molecular flexibility index (Phi) is 62.9. The molecule has 0 aromatic carbocycles. The molecule has 0 heterocycles. The molecule has 6 nitrogen and oxygen atoms in total. The van der Waals surface area contributed by atoms with Gasteiger partial charge in [0.1, 0.15) is 13.2 Å². The van der Waals surface area contributed by atoms with E-state index in [-0.39, 0.29) is 31.1 Å². The van der Waals surface area contributed by atoms with E-state index in [1.165, 1.54) is 83.5 Å². The van der Waals surface area contributed by atoms with E-state index in [0.717, 1.165) is 161 Å². The van der Waals surface area contributed by atoms with E-state index in [1.807, 2.05) is 0 Å². The molecule has 452 valence electrons. The molecule has 0 spiro atoms. The number of carbonyl (C=O) groups excluding carboxylic acids is 3. The first-order valence-electron chi connectivity index (χ1n) is 32.8. The summed E-state index contributed by atoms with van der Waals surface area (Å²) in [5, 5.41) is 0. The largest absolute Gasteiger partial charge is 0.462 e. The summed E-state index contributed by atoms with van der Waals surface area (Å²) in [7, 11) is 0. The average molecular weight is 1110 g/mol. The van der Waals surface area contributed by atoms with Crippen molar-refractivity contribution in [2.45, 2.75) is 290 Å². The molecule has 0 aliphatic rings. The summed E-state index contributed by atoms with van der Waals surface area (Å²) in [5.41, 5.74) is 0. The van der Waals surface area contributed by atoms with Gasteiger partial charge >= 0.3 is 17.9 Å². The minimum Gasteiger partial charge on any atom is -0.462 e. The van der Waals surface area contributed by atoms with Gasteiger partial charge in [0.25, 0.3) is 0 Å². The lowest BCUT2D eigenvalue weighted by atomic mass is 10.1. The van der Waals surface area contributed by atoms with E-state index in [2.05, 4.69) is 167 Å². The standard InChI is InChI=1S/C74H120O6/c1-4-7-10-13-16-19-22-24-26-28-30-32-33-34-35-36-37-38-39-40-41-43-44-46-48-50-52-55-58-61-64-67-73(76)79-70-71(69-78-72(75)66-63-60-57-54-21-18-15-12-9-6-3)80-74(77)68-65-62-59-56-53-51-49-47-45-42-31-29-27-25-23-20-17-14-11-8-5-2/h7-8,10-12,15-17,19-20,24-27,30-32,34-35,37-38,40-42,71H,4-6,9,13-14,18,21-23,28-29,33,36,39,43-70H2,1-3H3/b10-7-,11-8-,15-12-,19-16-,20-17-,26-24-,27-25-,32-30-,35-34-,38-37-,41-40-,42-31-. The average Bonchev–Trinajstić information content (AvgIpc) is 3.46. The monoisotopic (exact) mass is 1100 g/mol. The summed E-state index contributed by atoms with van der Waals surface area (Å²) in [4.78, 5) is 38.3. The Hall–Kier alpha value is -4.71. The van der Waals surface area contributed by atoms with Crippen molar-refractivity contribution in [1.82, 2.24) is 0 Å². The smallest absolute Gasteiger partial charge is 0.306 e. The number of ether oxygens (including phenoxy) is 3. The van der Waals surface area contributed by atoms with Crippen LogP contribution in [0, 0.1) is 0 Å². The Morgan fingerprint density at radius 1 is 0.263 bits per heavy atom. The number of hydrogen-bond acceptors (Lipinski definition) is 6. The fourth-order valence-electron chi connectivity index (χ4n) is 8.71. The van der Waals surface area contributed by atoms with Gasteiger partial charge in [0, 0.05) is 19.3 Å². The third kappa shape index (κ3) is 64.1. The lowest BCUT2D eigenvalue weighted by molar-refractivity contribution is -0.167. The van der Waals surface area contributed by atoms with Gasteiger partial charge in [-0.25, -0.2) is 0 Å². The number of allylic oxidation sites excluding steroid dienone is 24. The van der Waals surface area contributed by atoms with Crippen molar-refractivity contribution in [3.8, 4) is 0 Å². The summed E-state index contributed by atoms with van der Waals surface area (Å²) in [6.07, 6.45) is 95.8. The molecule has 1 unspecified atom stereocenters. The van der Waals surface area contributed by atoms with Crippen LogP contribution in [-0.4, -0.2) is 37.2 Å². The van der Waals surface area contributed by atoms with Crippen molar-refractivity contribution in [3.05, 3.63) is 146 Å². The molecule has 0 bridgehead atoms. The zero-order chi connectivity index (χ0) is 57.8. The van der Waals surface area contributed by atoms with Gasteiger partial charge in [-0.15, -0.1) is 0 Å². The van der Waals surface area contributed by atoms with Gasteiger partial charge in [-0.05, 0) is 135 Å². The van der Waals surface area contributed by atoms with E-state index in [1.54, 1.807) is 0 Å². The first kappa shape index (κ1) is 75.3. The molecule has 0 saturated carbocycles. The minimum atomic E-state index is -0.794. The molecule has 0 saturated heterocycles. The maximum atomic E-state index is 12.9. The maximum absolute atomic E-state index is 12.9. The highest BCUT2D eigenvalue weighted by atomic mass is 16.6. The molecule has 0 aliphatic heterocycles. The molecule has 0 aromatic rings. The van der Waals surface area contributed by atoms with Gasteiger partial charge in [0.2, 0.25) is 0 Å².